The summed E-state index contributed by atoms with van der Waals surface area (Å²) in [6, 6.07) is 61.4. The molecule has 290 valence electrons. The standard InChI is InChI=1S/C52H31N5O.C3H8/c1-2-11-34(12-3-1)50-54-51(35-21-19-32(20-22-35)39-15-9-27-53-31-39)56-52(55-50)57-45-29-37-14-5-4-13-36(37)28-44(45)42-18-8-17-41(49(42)57)38-23-25-43-47(30-38)58-46-26-24-33-10-6-7-16-40(33)48(43)46;1-3-2/h1-31H;3H2,1-2H3. The first-order chi connectivity index (χ1) is 30.1. The number of furan rings is 1. The highest BCUT2D eigenvalue weighted by Gasteiger charge is 2.22. The molecule has 4 aromatic heterocycles. The number of benzene rings is 8. The smallest absolute Gasteiger partial charge is 0.238 e. The normalized spacial score (nSPS) is 11.5. The van der Waals surface area contributed by atoms with Gasteiger partial charge in [0.05, 0.1) is 11.0 Å². The number of para-hydroxylation sites is 1. The fourth-order valence-electron chi connectivity index (χ4n) is 8.56. The van der Waals surface area contributed by atoms with Gasteiger partial charge in [0.25, 0.3) is 0 Å². The molecule has 0 atom stereocenters. The van der Waals surface area contributed by atoms with Gasteiger partial charge in [0.2, 0.25) is 5.95 Å². The van der Waals surface area contributed by atoms with Crippen LogP contribution in [0.1, 0.15) is 20.3 Å². The van der Waals surface area contributed by atoms with Crippen LogP contribution in [0.25, 0.3) is 116 Å². The Labute approximate surface area is 352 Å². The van der Waals surface area contributed by atoms with Crippen molar-refractivity contribution in [2.45, 2.75) is 20.3 Å². The van der Waals surface area contributed by atoms with E-state index in [0.29, 0.717) is 17.6 Å². The molecule has 0 aliphatic carbocycles. The molecule has 12 aromatic rings. The summed E-state index contributed by atoms with van der Waals surface area (Å²) >= 11 is 0. The van der Waals surface area contributed by atoms with E-state index < -0.39 is 0 Å². The minimum Gasteiger partial charge on any atom is -0.456 e. The summed E-state index contributed by atoms with van der Waals surface area (Å²) in [6.07, 6.45) is 4.91. The number of hydrogen-bond donors (Lipinski definition) is 0. The molecule has 6 heteroatoms. The van der Waals surface area contributed by atoms with Crippen molar-refractivity contribution in [3.63, 3.8) is 0 Å². The Morgan fingerprint density at radius 2 is 1.11 bits per heavy atom. The Morgan fingerprint density at radius 3 is 1.89 bits per heavy atom. The van der Waals surface area contributed by atoms with Crippen molar-refractivity contribution < 1.29 is 4.42 Å². The molecule has 8 aromatic carbocycles. The van der Waals surface area contributed by atoms with E-state index in [4.69, 9.17) is 19.4 Å². The third-order valence-electron chi connectivity index (χ3n) is 11.3. The molecular formula is C55H39N5O. The van der Waals surface area contributed by atoms with Crippen molar-refractivity contribution in [1.29, 1.82) is 0 Å². The Bertz CT molecular complexity index is 3570. The first-order valence-electron chi connectivity index (χ1n) is 20.8. The fraction of sp³-hybridized carbons (Fsp3) is 0.0545. The second kappa shape index (κ2) is 15.0. The molecule has 0 N–H and O–H groups in total. The van der Waals surface area contributed by atoms with Gasteiger partial charge in [0, 0.05) is 50.6 Å². The fourth-order valence-corrected chi connectivity index (χ4v) is 8.56. The molecule has 0 unspecified atom stereocenters. The van der Waals surface area contributed by atoms with Gasteiger partial charge in [0.15, 0.2) is 11.6 Å². The van der Waals surface area contributed by atoms with Gasteiger partial charge in [-0.05, 0) is 74.6 Å². The molecule has 61 heavy (non-hydrogen) atoms. The summed E-state index contributed by atoms with van der Waals surface area (Å²) in [6.45, 7) is 4.25. The topological polar surface area (TPSA) is 69.6 Å². The number of aromatic nitrogens is 5. The number of nitrogens with zero attached hydrogens (tertiary/aromatic N) is 5. The van der Waals surface area contributed by atoms with Crippen LogP contribution in [0, 0.1) is 0 Å². The van der Waals surface area contributed by atoms with Crippen molar-refractivity contribution in [2.75, 3.05) is 0 Å². The zero-order valence-electron chi connectivity index (χ0n) is 33.7. The lowest BCUT2D eigenvalue weighted by atomic mass is 9.99. The monoisotopic (exact) mass is 785 g/mol. The Morgan fingerprint density at radius 1 is 0.459 bits per heavy atom. The lowest BCUT2D eigenvalue weighted by Crippen LogP contribution is -2.07. The maximum absolute atomic E-state index is 6.58. The molecule has 6 nitrogen and oxygen atoms in total. The van der Waals surface area contributed by atoms with E-state index in [-0.39, 0.29) is 0 Å². The highest BCUT2D eigenvalue weighted by Crippen LogP contribution is 2.42. The summed E-state index contributed by atoms with van der Waals surface area (Å²) in [5.41, 5.74) is 9.77. The molecular weight excluding hydrogens is 747 g/mol. The van der Waals surface area contributed by atoms with Crippen LogP contribution >= 0.6 is 0 Å². The number of hydrogen-bond acceptors (Lipinski definition) is 5. The molecule has 0 saturated heterocycles. The molecule has 0 aliphatic rings. The van der Waals surface area contributed by atoms with Gasteiger partial charge in [0.1, 0.15) is 11.2 Å². The maximum Gasteiger partial charge on any atom is 0.238 e. The highest BCUT2D eigenvalue weighted by molar-refractivity contribution is 6.20. The van der Waals surface area contributed by atoms with Crippen molar-refractivity contribution in [3.8, 4) is 51.0 Å². The van der Waals surface area contributed by atoms with Crippen LogP contribution in [0.15, 0.2) is 193 Å². The van der Waals surface area contributed by atoms with Crippen LogP contribution < -0.4 is 0 Å². The minimum absolute atomic E-state index is 0.541. The molecule has 0 spiro atoms. The Kier molecular flexibility index (Phi) is 8.89. The summed E-state index contributed by atoms with van der Waals surface area (Å²) in [5.74, 6) is 1.73. The maximum atomic E-state index is 6.58. The van der Waals surface area contributed by atoms with Gasteiger partial charge in [-0.15, -0.1) is 0 Å². The van der Waals surface area contributed by atoms with Gasteiger partial charge < -0.3 is 4.42 Å². The average Bonchev–Trinajstić information content (AvgIpc) is 3.87. The van der Waals surface area contributed by atoms with E-state index in [1.807, 2.05) is 42.6 Å². The van der Waals surface area contributed by atoms with E-state index in [1.54, 1.807) is 6.20 Å². The number of pyridine rings is 1. The van der Waals surface area contributed by atoms with E-state index in [0.717, 1.165) is 82.5 Å². The second-order valence-electron chi connectivity index (χ2n) is 15.4. The quantitative estimate of drug-likeness (QED) is 0.174. The van der Waals surface area contributed by atoms with Crippen LogP contribution in [0.3, 0.4) is 0 Å². The van der Waals surface area contributed by atoms with E-state index >= 15 is 0 Å². The van der Waals surface area contributed by atoms with Crippen LogP contribution in [-0.4, -0.2) is 24.5 Å². The van der Waals surface area contributed by atoms with Crippen LogP contribution in [0.4, 0.5) is 0 Å². The summed E-state index contributed by atoms with van der Waals surface area (Å²) in [5, 5.41) is 9.16. The SMILES string of the molecule is CCC.c1ccc(-c2nc(-c3ccc(-c4cccnc4)cc3)nc(-n3c4cc5ccccc5cc4c4cccc(-c5ccc6c(c5)oc5ccc7ccccc7c56)c43)n2)cc1. The molecule has 0 amide bonds. The van der Waals surface area contributed by atoms with Gasteiger partial charge in [-0.1, -0.05) is 160 Å². The van der Waals surface area contributed by atoms with Crippen LogP contribution in [0.5, 0.6) is 0 Å². The first-order valence-corrected chi connectivity index (χ1v) is 20.8. The van der Waals surface area contributed by atoms with Crippen LogP contribution in [0.2, 0.25) is 0 Å². The van der Waals surface area contributed by atoms with Crippen molar-refractivity contribution in [2.24, 2.45) is 0 Å². The second-order valence-corrected chi connectivity index (χ2v) is 15.4. The third kappa shape index (κ3) is 6.28. The largest absolute Gasteiger partial charge is 0.456 e. The summed E-state index contributed by atoms with van der Waals surface area (Å²) < 4.78 is 8.81. The van der Waals surface area contributed by atoms with E-state index in [1.165, 1.54) is 22.6 Å². The predicted molar refractivity (Wildman–Crippen MR) is 252 cm³/mol. The Balaban J connectivity index is 0.00000136. The molecule has 0 aliphatic heterocycles. The molecule has 0 saturated carbocycles. The lowest BCUT2D eigenvalue weighted by Gasteiger charge is -2.13. The number of fused-ring (bicyclic) bond motifs is 9. The van der Waals surface area contributed by atoms with Gasteiger partial charge in [-0.3, -0.25) is 9.55 Å². The van der Waals surface area contributed by atoms with Gasteiger partial charge >= 0.3 is 0 Å². The molecule has 0 fully saturated rings. The van der Waals surface area contributed by atoms with E-state index in [2.05, 4.69) is 163 Å². The molecule has 0 bridgehead atoms. The zero-order chi connectivity index (χ0) is 40.9. The minimum atomic E-state index is 0.541. The summed E-state index contributed by atoms with van der Waals surface area (Å²) in [4.78, 5) is 20.0. The highest BCUT2D eigenvalue weighted by atomic mass is 16.3. The summed E-state index contributed by atoms with van der Waals surface area (Å²) in [7, 11) is 0. The molecule has 12 rings (SSSR count). The molecule has 4 heterocycles. The van der Waals surface area contributed by atoms with Gasteiger partial charge in [-0.25, -0.2) is 4.98 Å². The van der Waals surface area contributed by atoms with E-state index in [9.17, 15) is 0 Å². The average molecular weight is 786 g/mol. The van der Waals surface area contributed by atoms with Gasteiger partial charge in [-0.2, -0.15) is 9.97 Å². The van der Waals surface area contributed by atoms with Crippen molar-refractivity contribution >= 4 is 65.3 Å². The zero-order valence-corrected chi connectivity index (χ0v) is 33.7. The van der Waals surface area contributed by atoms with Crippen LogP contribution in [-0.2, 0) is 0 Å². The predicted octanol–water partition coefficient (Wildman–Crippen LogP) is 14.7. The first kappa shape index (κ1) is 36.1. The lowest BCUT2D eigenvalue weighted by molar-refractivity contribution is 0.669. The van der Waals surface area contributed by atoms with Crippen molar-refractivity contribution in [3.05, 3.63) is 188 Å². The van der Waals surface area contributed by atoms with Crippen molar-refractivity contribution in [1.82, 2.24) is 24.5 Å². The Hall–Kier alpha value is -7.96. The number of rotatable bonds is 5. The molecule has 0 radical (unpaired) electrons. The third-order valence-corrected chi connectivity index (χ3v) is 11.3.